The number of ether oxygens (including phenoxy) is 1. The van der Waals surface area contributed by atoms with Crippen molar-refractivity contribution in [2.75, 3.05) is 5.32 Å². The monoisotopic (exact) mass is 322 g/mol. The van der Waals surface area contributed by atoms with Gasteiger partial charge in [0.25, 0.3) is 5.69 Å². The largest absolute Gasteiger partial charge is 0.455 e. The lowest BCUT2D eigenvalue weighted by atomic mass is 10.1. The first-order valence-electron chi connectivity index (χ1n) is 6.18. The normalized spacial score (nSPS) is 12.7. The summed E-state index contributed by atoms with van der Waals surface area (Å²) in [6.45, 7) is 0. The maximum Gasteiger partial charge on any atom is 0.271 e. The number of carbonyl (C=O) groups excluding carboxylic acids is 1. The minimum atomic E-state index is -0.576. The van der Waals surface area contributed by atoms with Crippen LogP contribution in [0, 0.1) is 15.9 Å². The lowest BCUT2D eigenvalue weighted by Crippen LogP contribution is -2.04. The summed E-state index contributed by atoms with van der Waals surface area (Å²) < 4.78 is 19.2. The standard InChI is InChI=1S/C14H8ClFN2O4/c15-9-5-7(18(20)21)1-3-12(9)22-11-4-2-10(16)14-8(11)6-13(19)17-14/h1-5H,6H2,(H,17,19). The number of anilines is 1. The van der Waals surface area contributed by atoms with E-state index in [-0.39, 0.29) is 40.2 Å². The van der Waals surface area contributed by atoms with Crippen LogP contribution >= 0.6 is 11.6 Å². The minimum Gasteiger partial charge on any atom is -0.455 e. The average molecular weight is 323 g/mol. The SMILES string of the molecule is O=C1Cc2c(Oc3ccc([N+](=O)[O-])cc3Cl)ccc(F)c2N1. The Morgan fingerprint density at radius 1 is 1.27 bits per heavy atom. The predicted molar refractivity (Wildman–Crippen MR) is 76.9 cm³/mol. The smallest absolute Gasteiger partial charge is 0.271 e. The highest BCUT2D eigenvalue weighted by Crippen LogP contribution is 2.39. The summed E-state index contributed by atoms with van der Waals surface area (Å²) in [6, 6.07) is 6.30. The van der Waals surface area contributed by atoms with E-state index in [1.54, 1.807) is 0 Å². The summed E-state index contributed by atoms with van der Waals surface area (Å²) in [5.41, 5.74) is 0.304. The molecule has 1 aliphatic heterocycles. The van der Waals surface area contributed by atoms with Gasteiger partial charge in [-0.15, -0.1) is 0 Å². The Bertz CT molecular complexity index is 810. The molecule has 6 nitrogen and oxygen atoms in total. The number of nitrogens with one attached hydrogen (secondary N) is 1. The Morgan fingerprint density at radius 2 is 2.00 bits per heavy atom. The molecule has 0 atom stereocenters. The number of amides is 1. The molecule has 2 aromatic carbocycles. The number of carbonyl (C=O) groups is 1. The van der Waals surface area contributed by atoms with Crippen molar-refractivity contribution < 1.29 is 18.8 Å². The van der Waals surface area contributed by atoms with Crippen LogP contribution in [0.5, 0.6) is 11.5 Å². The van der Waals surface area contributed by atoms with Gasteiger partial charge in [0.05, 0.1) is 22.1 Å². The van der Waals surface area contributed by atoms with Gasteiger partial charge in [-0.3, -0.25) is 14.9 Å². The first-order valence-corrected chi connectivity index (χ1v) is 6.56. The molecule has 0 fully saturated rings. The fourth-order valence-corrected chi connectivity index (χ4v) is 2.37. The quantitative estimate of drug-likeness (QED) is 0.690. The zero-order valence-corrected chi connectivity index (χ0v) is 11.7. The molecule has 22 heavy (non-hydrogen) atoms. The Balaban J connectivity index is 1.97. The average Bonchev–Trinajstić information content (AvgIpc) is 2.86. The van der Waals surface area contributed by atoms with Crippen molar-refractivity contribution in [1.82, 2.24) is 0 Å². The third kappa shape index (κ3) is 2.46. The molecule has 1 N–H and O–H groups in total. The van der Waals surface area contributed by atoms with Gasteiger partial charge < -0.3 is 10.1 Å². The molecule has 1 aliphatic rings. The highest BCUT2D eigenvalue weighted by Gasteiger charge is 2.25. The molecular formula is C14H8ClFN2O4. The van der Waals surface area contributed by atoms with Crippen molar-refractivity contribution in [1.29, 1.82) is 0 Å². The van der Waals surface area contributed by atoms with Crippen LogP contribution in [0.15, 0.2) is 30.3 Å². The molecule has 1 heterocycles. The molecule has 0 aromatic heterocycles. The summed E-state index contributed by atoms with van der Waals surface area (Å²) in [5.74, 6) is -0.436. The lowest BCUT2D eigenvalue weighted by molar-refractivity contribution is -0.384. The van der Waals surface area contributed by atoms with Crippen LogP contribution in [0.4, 0.5) is 15.8 Å². The second-order valence-corrected chi connectivity index (χ2v) is 5.01. The van der Waals surface area contributed by atoms with Crippen molar-refractivity contribution in [3.63, 3.8) is 0 Å². The van der Waals surface area contributed by atoms with Crippen LogP contribution in [0.25, 0.3) is 0 Å². The molecule has 0 spiro atoms. The molecule has 112 valence electrons. The summed E-state index contributed by atoms with van der Waals surface area (Å²) in [6.07, 6.45) is -0.00692. The number of fused-ring (bicyclic) bond motifs is 1. The van der Waals surface area contributed by atoms with Crippen molar-refractivity contribution in [2.45, 2.75) is 6.42 Å². The van der Waals surface area contributed by atoms with E-state index < -0.39 is 10.7 Å². The van der Waals surface area contributed by atoms with Gasteiger partial charge in [0.15, 0.2) is 0 Å². The maximum atomic E-state index is 13.6. The molecule has 0 aliphatic carbocycles. The van der Waals surface area contributed by atoms with Gasteiger partial charge in [-0.05, 0) is 18.2 Å². The van der Waals surface area contributed by atoms with E-state index in [2.05, 4.69) is 5.32 Å². The number of nitrogens with zero attached hydrogens (tertiary/aromatic N) is 1. The number of rotatable bonds is 3. The van der Waals surface area contributed by atoms with Gasteiger partial charge >= 0.3 is 0 Å². The van der Waals surface area contributed by atoms with E-state index in [1.807, 2.05) is 0 Å². The summed E-state index contributed by atoms with van der Waals surface area (Å²) in [4.78, 5) is 21.5. The van der Waals surface area contributed by atoms with Crippen LogP contribution < -0.4 is 10.1 Å². The molecule has 0 bridgehead atoms. The predicted octanol–water partition coefficient (Wildman–Crippen LogP) is 3.67. The van der Waals surface area contributed by atoms with E-state index in [0.29, 0.717) is 5.56 Å². The Morgan fingerprint density at radius 3 is 2.68 bits per heavy atom. The van der Waals surface area contributed by atoms with E-state index in [0.717, 1.165) is 6.07 Å². The molecule has 1 amide bonds. The van der Waals surface area contributed by atoms with Crippen LogP contribution in [0.2, 0.25) is 5.02 Å². The topological polar surface area (TPSA) is 81.5 Å². The second kappa shape index (κ2) is 5.27. The van der Waals surface area contributed by atoms with Crippen LogP contribution in [0.1, 0.15) is 5.56 Å². The van der Waals surface area contributed by atoms with Crippen molar-refractivity contribution in [3.05, 3.63) is 56.8 Å². The molecule has 0 unspecified atom stereocenters. The number of hydrogen-bond donors (Lipinski definition) is 1. The number of non-ortho nitro benzene ring substituents is 1. The van der Waals surface area contributed by atoms with Gasteiger partial charge in [-0.2, -0.15) is 0 Å². The van der Waals surface area contributed by atoms with Gasteiger partial charge in [0.1, 0.15) is 17.3 Å². The fraction of sp³-hybridized carbons (Fsp3) is 0.0714. The Hall–Kier alpha value is -2.67. The van der Waals surface area contributed by atoms with Gasteiger partial charge in [-0.1, -0.05) is 11.6 Å². The van der Waals surface area contributed by atoms with Crippen LogP contribution in [-0.2, 0) is 11.2 Å². The Kier molecular flexibility index (Phi) is 3.42. The number of hydrogen-bond acceptors (Lipinski definition) is 4. The van der Waals surface area contributed by atoms with Gasteiger partial charge in [-0.25, -0.2) is 4.39 Å². The molecule has 0 saturated heterocycles. The first-order chi connectivity index (χ1) is 10.5. The maximum absolute atomic E-state index is 13.6. The molecule has 2 aromatic rings. The zero-order chi connectivity index (χ0) is 15.9. The van der Waals surface area contributed by atoms with E-state index >= 15 is 0 Å². The van der Waals surface area contributed by atoms with Crippen LogP contribution in [-0.4, -0.2) is 10.8 Å². The first kappa shape index (κ1) is 14.3. The van der Waals surface area contributed by atoms with Gasteiger partial charge in [0, 0.05) is 17.7 Å². The fourth-order valence-electron chi connectivity index (χ4n) is 2.16. The van der Waals surface area contributed by atoms with Crippen molar-refractivity contribution >= 4 is 28.9 Å². The molecule has 0 saturated carbocycles. The van der Waals surface area contributed by atoms with Crippen molar-refractivity contribution in [2.24, 2.45) is 0 Å². The molecule has 0 radical (unpaired) electrons. The van der Waals surface area contributed by atoms with E-state index in [9.17, 15) is 19.3 Å². The number of halogens is 2. The molecule has 8 heteroatoms. The lowest BCUT2D eigenvalue weighted by Gasteiger charge is -2.11. The second-order valence-electron chi connectivity index (χ2n) is 4.60. The summed E-state index contributed by atoms with van der Waals surface area (Å²) >= 11 is 5.95. The van der Waals surface area contributed by atoms with Crippen molar-refractivity contribution in [3.8, 4) is 11.5 Å². The third-order valence-corrected chi connectivity index (χ3v) is 3.46. The van der Waals surface area contributed by atoms with E-state index in [1.165, 1.54) is 24.3 Å². The molecule has 3 rings (SSSR count). The minimum absolute atomic E-state index is 0.00692. The van der Waals surface area contributed by atoms with Gasteiger partial charge in [0.2, 0.25) is 5.91 Å². The number of benzene rings is 2. The highest BCUT2D eigenvalue weighted by molar-refractivity contribution is 6.32. The summed E-state index contributed by atoms with van der Waals surface area (Å²) in [7, 11) is 0. The zero-order valence-electron chi connectivity index (χ0n) is 10.9. The number of nitro benzene ring substituents is 1. The third-order valence-electron chi connectivity index (χ3n) is 3.17. The molecular weight excluding hydrogens is 315 g/mol. The summed E-state index contributed by atoms with van der Waals surface area (Å²) in [5, 5.41) is 13.1. The number of nitro groups is 1. The van der Waals surface area contributed by atoms with Crippen LogP contribution in [0.3, 0.4) is 0 Å². The Labute approximate surface area is 128 Å². The highest BCUT2D eigenvalue weighted by atomic mass is 35.5. The van der Waals surface area contributed by atoms with E-state index in [4.69, 9.17) is 16.3 Å².